The Balaban J connectivity index is 2.33. The maximum atomic E-state index is 13.5. The van der Waals surface area contributed by atoms with Crippen molar-refractivity contribution in [1.82, 2.24) is 0 Å². The fourth-order valence-corrected chi connectivity index (χ4v) is 5.28. The summed E-state index contributed by atoms with van der Waals surface area (Å²) in [4.78, 5) is 12.1. The van der Waals surface area contributed by atoms with Crippen LogP contribution in [0.2, 0.25) is 15.1 Å². The summed E-state index contributed by atoms with van der Waals surface area (Å²) in [7, 11) is -3.97. The number of benzene rings is 2. The quantitative estimate of drug-likeness (QED) is 0.372. The molecule has 0 saturated carbocycles. The minimum Gasteiger partial charge on any atom is -0.460 e. The van der Waals surface area contributed by atoms with E-state index in [2.05, 4.69) is 0 Å². The molecule has 2 rings (SSSR count). The standard InChI is InChI=1S/C22H26Cl3NO4S/c1-15(6-5-7-21(27)30-22(2,3)4)26(20-14-17(24)10-13-19(20)25)31(28,29)18-11-8-16(23)9-12-18/h8-15H,5-7H2,1-4H3/t15-/m1/s1. The van der Waals surface area contributed by atoms with Crippen LogP contribution in [0.4, 0.5) is 5.69 Å². The van der Waals surface area contributed by atoms with Gasteiger partial charge in [-0.2, -0.15) is 0 Å². The molecule has 0 aliphatic heterocycles. The summed E-state index contributed by atoms with van der Waals surface area (Å²) in [6.45, 7) is 7.17. The largest absolute Gasteiger partial charge is 0.460 e. The molecule has 0 N–H and O–H groups in total. The summed E-state index contributed by atoms with van der Waals surface area (Å²) in [6.07, 6.45) is 1.04. The van der Waals surface area contributed by atoms with Crippen molar-refractivity contribution in [1.29, 1.82) is 0 Å². The predicted octanol–water partition coefficient (Wildman–Crippen LogP) is 6.74. The van der Waals surface area contributed by atoms with Crippen molar-refractivity contribution in [3.8, 4) is 0 Å². The van der Waals surface area contributed by atoms with E-state index < -0.39 is 21.7 Å². The highest BCUT2D eigenvalue weighted by molar-refractivity contribution is 7.92. The average molecular weight is 507 g/mol. The second kappa shape index (κ2) is 10.4. The minimum absolute atomic E-state index is 0.0759. The van der Waals surface area contributed by atoms with Crippen LogP contribution in [0.25, 0.3) is 0 Å². The molecule has 2 aromatic rings. The number of esters is 1. The number of hydrogen-bond acceptors (Lipinski definition) is 4. The first-order chi connectivity index (χ1) is 14.3. The van der Waals surface area contributed by atoms with Gasteiger partial charge in [0, 0.05) is 22.5 Å². The Bertz CT molecular complexity index is 1020. The fourth-order valence-electron chi connectivity index (χ4n) is 3.03. The van der Waals surface area contributed by atoms with Gasteiger partial charge in [0.15, 0.2) is 0 Å². The second-order valence-corrected chi connectivity index (χ2v) is 11.3. The summed E-state index contributed by atoms with van der Waals surface area (Å²) < 4.78 is 33.6. The molecular formula is C22H26Cl3NO4S. The van der Waals surface area contributed by atoms with E-state index in [1.165, 1.54) is 34.6 Å². The Morgan fingerprint density at radius 2 is 1.61 bits per heavy atom. The van der Waals surface area contributed by atoms with Crippen LogP contribution in [-0.4, -0.2) is 26.0 Å². The third kappa shape index (κ3) is 7.28. The van der Waals surface area contributed by atoms with Crippen molar-refractivity contribution in [3.05, 3.63) is 57.5 Å². The number of halogens is 3. The normalized spacial score (nSPS) is 13.0. The first-order valence-electron chi connectivity index (χ1n) is 9.78. The topological polar surface area (TPSA) is 63.7 Å². The molecule has 0 spiro atoms. The average Bonchev–Trinajstić information content (AvgIpc) is 2.63. The van der Waals surface area contributed by atoms with E-state index in [1.54, 1.807) is 39.8 Å². The molecule has 0 radical (unpaired) electrons. The van der Waals surface area contributed by atoms with Gasteiger partial charge < -0.3 is 4.74 Å². The molecule has 31 heavy (non-hydrogen) atoms. The van der Waals surface area contributed by atoms with Crippen LogP contribution in [0.1, 0.15) is 47.0 Å². The number of hydrogen-bond donors (Lipinski definition) is 0. The van der Waals surface area contributed by atoms with E-state index in [9.17, 15) is 13.2 Å². The zero-order valence-corrected chi connectivity index (χ0v) is 20.9. The van der Waals surface area contributed by atoms with Crippen LogP contribution in [0, 0.1) is 0 Å². The first kappa shape index (κ1) is 25.8. The Hall–Kier alpha value is -1.47. The Labute approximate surface area is 199 Å². The van der Waals surface area contributed by atoms with E-state index >= 15 is 0 Å². The molecule has 0 saturated heterocycles. The molecule has 0 bridgehead atoms. The second-order valence-electron chi connectivity index (χ2n) is 8.18. The highest BCUT2D eigenvalue weighted by Gasteiger charge is 2.31. The number of anilines is 1. The smallest absolute Gasteiger partial charge is 0.306 e. The van der Waals surface area contributed by atoms with E-state index in [4.69, 9.17) is 39.5 Å². The Kier molecular flexibility index (Phi) is 8.68. The molecule has 1 atom stereocenters. The molecule has 0 unspecified atom stereocenters. The van der Waals surface area contributed by atoms with Gasteiger partial charge in [0.05, 0.1) is 15.6 Å². The van der Waals surface area contributed by atoms with Gasteiger partial charge in [-0.3, -0.25) is 9.10 Å². The zero-order valence-electron chi connectivity index (χ0n) is 17.9. The van der Waals surface area contributed by atoms with Crippen molar-refractivity contribution >= 4 is 56.5 Å². The van der Waals surface area contributed by atoms with Gasteiger partial charge >= 0.3 is 5.97 Å². The van der Waals surface area contributed by atoms with Gasteiger partial charge in [0.2, 0.25) is 0 Å². The third-order valence-corrected chi connectivity index (χ3v) is 7.09. The summed E-state index contributed by atoms with van der Waals surface area (Å²) in [6, 6.07) is 10.1. The van der Waals surface area contributed by atoms with Crippen LogP contribution in [0.15, 0.2) is 47.4 Å². The number of rotatable bonds is 8. The maximum Gasteiger partial charge on any atom is 0.306 e. The minimum atomic E-state index is -3.97. The Morgan fingerprint density at radius 3 is 2.19 bits per heavy atom. The molecule has 9 heteroatoms. The number of carbonyl (C=O) groups is 1. The van der Waals surface area contributed by atoms with Crippen molar-refractivity contribution in [2.75, 3.05) is 4.31 Å². The third-order valence-electron chi connectivity index (χ3n) is 4.34. The summed E-state index contributed by atoms with van der Waals surface area (Å²) in [5.41, 5.74) is -0.296. The van der Waals surface area contributed by atoms with Gasteiger partial charge in [0.25, 0.3) is 10.0 Å². The van der Waals surface area contributed by atoms with Gasteiger partial charge in [-0.25, -0.2) is 8.42 Å². The van der Waals surface area contributed by atoms with E-state index in [0.29, 0.717) is 22.9 Å². The SMILES string of the molecule is C[C@H](CCCC(=O)OC(C)(C)C)N(c1cc(Cl)ccc1Cl)S(=O)(=O)c1ccc(Cl)cc1. The van der Waals surface area contributed by atoms with Crippen LogP contribution in [0.5, 0.6) is 0 Å². The van der Waals surface area contributed by atoms with Crippen molar-refractivity contribution < 1.29 is 17.9 Å². The molecule has 0 heterocycles. The molecule has 2 aromatic carbocycles. The fraction of sp³-hybridized carbons (Fsp3) is 0.409. The van der Waals surface area contributed by atoms with Crippen molar-refractivity contribution in [3.63, 3.8) is 0 Å². The van der Waals surface area contributed by atoms with Crippen LogP contribution in [-0.2, 0) is 19.6 Å². The van der Waals surface area contributed by atoms with E-state index in [-0.39, 0.29) is 28.0 Å². The molecule has 0 fully saturated rings. The molecule has 0 aliphatic rings. The molecule has 0 aliphatic carbocycles. The zero-order chi connectivity index (χ0) is 23.4. The summed E-state index contributed by atoms with van der Waals surface area (Å²) in [5, 5.41) is 1.04. The van der Waals surface area contributed by atoms with Gasteiger partial charge in [-0.05, 0) is 83.0 Å². The molecule has 0 amide bonds. The van der Waals surface area contributed by atoms with Crippen LogP contribution < -0.4 is 4.31 Å². The number of ether oxygens (including phenoxy) is 1. The molecule has 0 aromatic heterocycles. The number of carbonyl (C=O) groups excluding carboxylic acids is 1. The van der Waals surface area contributed by atoms with Gasteiger partial charge in [-0.1, -0.05) is 34.8 Å². The first-order valence-corrected chi connectivity index (χ1v) is 12.4. The van der Waals surface area contributed by atoms with Crippen LogP contribution in [0.3, 0.4) is 0 Å². The van der Waals surface area contributed by atoms with Crippen molar-refractivity contribution in [2.24, 2.45) is 0 Å². The number of sulfonamides is 1. The summed E-state index contributed by atoms with van der Waals surface area (Å²) >= 11 is 18.4. The highest BCUT2D eigenvalue weighted by Crippen LogP contribution is 2.35. The Morgan fingerprint density at radius 1 is 1.03 bits per heavy atom. The predicted molar refractivity (Wildman–Crippen MR) is 127 cm³/mol. The molecule has 170 valence electrons. The molecular weight excluding hydrogens is 481 g/mol. The van der Waals surface area contributed by atoms with Crippen molar-refractivity contribution in [2.45, 2.75) is 63.5 Å². The lowest BCUT2D eigenvalue weighted by atomic mass is 10.1. The maximum absolute atomic E-state index is 13.5. The van der Waals surface area contributed by atoms with E-state index in [0.717, 1.165) is 0 Å². The molecule has 5 nitrogen and oxygen atoms in total. The lowest BCUT2D eigenvalue weighted by molar-refractivity contribution is -0.154. The lowest BCUT2D eigenvalue weighted by Gasteiger charge is -2.31. The lowest BCUT2D eigenvalue weighted by Crippen LogP contribution is -2.39. The number of nitrogens with zero attached hydrogens (tertiary/aromatic N) is 1. The van der Waals surface area contributed by atoms with E-state index in [1.807, 2.05) is 0 Å². The van der Waals surface area contributed by atoms with Gasteiger partial charge in [0.1, 0.15) is 5.60 Å². The summed E-state index contributed by atoms with van der Waals surface area (Å²) in [5.74, 6) is -0.326. The monoisotopic (exact) mass is 505 g/mol. The highest BCUT2D eigenvalue weighted by atomic mass is 35.5. The van der Waals surface area contributed by atoms with Crippen LogP contribution >= 0.6 is 34.8 Å². The van der Waals surface area contributed by atoms with Gasteiger partial charge in [-0.15, -0.1) is 0 Å².